The van der Waals surface area contributed by atoms with Gasteiger partial charge in [-0.15, -0.1) is 0 Å². The number of ketones is 1. The number of aromatic hydroxyl groups is 1. The summed E-state index contributed by atoms with van der Waals surface area (Å²) in [5, 5.41) is 19.3. The number of para-hydroxylation sites is 1. The Hall–Kier alpha value is -3.02. The van der Waals surface area contributed by atoms with Crippen molar-refractivity contribution in [2.45, 2.75) is 39.5 Å². The molecule has 2 N–H and O–H groups in total. The zero-order valence-electron chi connectivity index (χ0n) is 16.4. The van der Waals surface area contributed by atoms with Crippen molar-refractivity contribution in [1.29, 1.82) is 0 Å². The lowest BCUT2D eigenvalue weighted by atomic mass is 10.0. The molecule has 2 aromatic carbocycles. The average Bonchev–Trinajstić information content (AvgIpc) is 2.67. The van der Waals surface area contributed by atoms with Crippen LogP contribution in [0.5, 0.6) is 11.5 Å². The number of phenols is 1. The van der Waals surface area contributed by atoms with Gasteiger partial charge in [-0.3, -0.25) is 4.79 Å². The molecular weight excluding hydrogens is 358 g/mol. The van der Waals surface area contributed by atoms with Gasteiger partial charge in [-0.2, -0.15) is 0 Å². The first kappa shape index (κ1) is 21.3. The highest BCUT2D eigenvalue weighted by molar-refractivity contribution is 6.12. The lowest BCUT2D eigenvalue weighted by Crippen LogP contribution is -2.25. The van der Waals surface area contributed by atoms with E-state index in [9.17, 15) is 14.7 Å². The Kier molecular flexibility index (Phi) is 7.87. The SMILES string of the molecule is CCCCN(CCCC)c1ccc(C(=O)c2ccccc2OC(=O)O)c(O)c1. The number of benzene rings is 2. The lowest BCUT2D eigenvalue weighted by Gasteiger charge is -2.25. The molecule has 0 atom stereocenters. The number of carbonyl (C=O) groups excluding carboxylic acids is 1. The first-order chi connectivity index (χ1) is 13.5. The molecule has 0 bridgehead atoms. The van der Waals surface area contributed by atoms with Crippen molar-refractivity contribution in [2.75, 3.05) is 18.0 Å². The van der Waals surface area contributed by atoms with Crippen molar-refractivity contribution >= 4 is 17.6 Å². The smallest absolute Gasteiger partial charge is 0.507 e. The Labute approximate surface area is 165 Å². The lowest BCUT2D eigenvalue weighted by molar-refractivity contribution is 0.103. The topological polar surface area (TPSA) is 87.1 Å². The third-order valence-electron chi connectivity index (χ3n) is 4.48. The second-order valence-electron chi connectivity index (χ2n) is 6.59. The van der Waals surface area contributed by atoms with Crippen LogP contribution in [0.3, 0.4) is 0 Å². The maximum atomic E-state index is 12.8. The molecule has 2 rings (SSSR count). The zero-order chi connectivity index (χ0) is 20.5. The summed E-state index contributed by atoms with van der Waals surface area (Å²) in [6.07, 6.45) is 2.75. The van der Waals surface area contributed by atoms with Gasteiger partial charge in [0, 0.05) is 24.8 Å². The van der Waals surface area contributed by atoms with E-state index >= 15 is 0 Å². The molecule has 0 spiro atoms. The minimum absolute atomic E-state index is 0.0593. The molecule has 0 aliphatic carbocycles. The Balaban J connectivity index is 2.30. The van der Waals surface area contributed by atoms with Gasteiger partial charge in [0.25, 0.3) is 0 Å². The molecule has 2 aromatic rings. The van der Waals surface area contributed by atoms with Crippen molar-refractivity contribution in [3.63, 3.8) is 0 Å². The van der Waals surface area contributed by atoms with Gasteiger partial charge >= 0.3 is 6.16 Å². The highest BCUT2D eigenvalue weighted by atomic mass is 16.7. The molecule has 0 amide bonds. The number of rotatable bonds is 10. The van der Waals surface area contributed by atoms with Crippen molar-refractivity contribution in [2.24, 2.45) is 0 Å². The molecule has 0 heterocycles. The number of ether oxygens (including phenoxy) is 1. The number of hydrogen-bond acceptors (Lipinski definition) is 5. The van der Waals surface area contributed by atoms with E-state index in [1.807, 2.05) is 6.07 Å². The number of nitrogens with zero attached hydrogens (tertiary/aromatic N) is 1. The number of anilines is 1. The summed E-state index contributed by atoms with van der Waals surface area (Å²) in [5.74, 6) is -0.684. The third-order valence-corrected chi connectivity index (χ3v) is 4.48. The molecular formula is C22H27NO5. The summed E-state index contributed by atoms with van der Waals surface area (Å²) in [5.41, 5.74) is 1.06. The normalized spacial score (nSPS) is 10.5. The quantitative estimate of drug-likeness (QED) is 0.337. The van der Waals surface area contributed by atoms with Crippen LogP contribution in [0.25, 0.3) is 0 Å². The molecule has 0 fully saturated rings. The first-order valence-electron chi connectivity index (χ1n) is 9.60. The van der Waals surface area contributed by atoms with Gasteiger partial charge < -0.3 is 19.8 Å². The van der Waals surface area contributed by atoms with Crippen molar-refractivity contribution in [3.8, 4) is 11.5 Å². The van der Waals surface area contributed by atoms with E-state index in [0.29, 0.717) is 0 Å². The van der Waals surface area contributed by atoms with Gasteiger partial charge in [-0.25, -0.2) is 4.79 Å². The number of hydrogen-bond donors (Lipinski definition) is 2. The van der Waals surface area contributed by atoms with Crippen LogP contribution >= 0.6 is 0 Å². The number of phenolic OH excluding ortho intramolecular Hbond substituents is 1. The van der Waals surface area contributed by atoms with Gasteiger partial charge in [0.2, 0.25) is 0 Å². The van der Waals surface area contributed by atoms with Gasteiger partial charge in [0.15, 0.2) is 5.78 Å². The summed E-state index contributed by atoms with van der Waals surface area (Å²) in [7, 11) is 0. The van der Waals surface area contributed by atoms with Crippen LogP contribution in [-0.4, -0.2) is 35.2 Å². The van der Waals surface area contributed by atoms with E-state index in [1.165, 1.54) is 12.1 Å². The van der Waals surface area contributed by atoms with Crippen LogP contribution in [0.2, 0.25) is 0 Å². The molecule has 0 aliphatic heterocycles. The fourth-order valence-corrected chi connectivity index (χ4v) is 2.96. The van der Waals surface area contributed by atoms with E-state index in [4.69, 9.17) is 5.11 Å². The summed E-state index contributed by atoms with van der Waals surface area (Å²) in [4.78, 5) is 25.9. The molecule has 6 heteroatoms. The zero-order valence-corrected chi connectivity index (χ0v) is 16.4. The number of unbranched alkanes of at least 4 members (excludes halogenated alkanes) is 2. The molecule has 0 aliphatic rings. The van der Waals surface area contributed by atoms with Gasteiger partial charge in [0.05, 0.1) is 11.1 Å². The van der Waals surface area contributed by atoms with Crippen molar-refractivity contribution in [1.82, 2.24) is 0 Å². The molecule has 0 radical (unpaired) electrons. The van der Waals surface area contributed by atoms with E-state index in [-0.39, 0.29) is 22.6 Å². The predicted octanol–water partition coefficient (Wildman–Crippen LogP) is 5.09. The standard InChI is InChI=1S/C22H27NO5/c1-3-5-13-23(14-6-4-2)16-11-12-17(19(24)15-16)21(25)18-9-7-8-10-20(18)28-22(26)27/h7-12,15,24H,3-6,13-14H2,1-2H3,(H,26,27). The Morgan fingerprint density at radius 3 is 2.18 bits per heavy atom. The largest absolute Gasteiger partial charge is 0.511 e. The monoisotopic (exact) mass is 385 g/mol. The predicted molar refractivity (Wildman–Crippen MR) is 109 cm³/mol. The molecule has 0 aromatic heterocycles. The molecule has 0 saturated carbocycles. The fraction of sp³-hybridized carbons (Fsp3) is 0.364. The van der Waals surface area contributed by atoms with Gasteiger partial charge in [0.1, 0.15) is 11.5 Å². The van der Waals surface area contributed by atoms with Crippen LogP contribution in [0, 0.1) is 0 Å². The molecule has 28 heavy (non-hydrogen) atoms. The Bertz CT molecular complexity index is 810. The maximum Gasteiger partial charge on any atom is 0.511 e. The minimum atomic E-state index is -1.50. The second-order valence-corrected chi connectivity index (χ2v) is 6.59. The summed E-state index contributed by atoms with van der Waals surface area (Å²) in [6.45, 7) is 6.04. The van der Waals surface area contributed by atoms with E-state index in [0.717, 1.165) is 44.5 Å². The minimum Gasteiger partial charge on any atom is -0.507 e. The number of carbonyl (C=O) groups is 2. The van der Waals surface area contributed by atoms with Crippen LogP contribution < -0.4 is 9.64 Å². The van der Waals surface area contributed by atoms with E-state index in [1.54, 1.807) is 24.3 Å². The van der Waals surface area contributed by atoms with Crippen molar-refractivity contribution in [3.05, 3.63) is 53.6 Å². The summed E-state index contributed by atoms with van der Waals surface area (Å²) < 4.78 is 4.68. The number of carboxylic acid groups (broad SMARTS) is 1. The van der Waals surface area contributed by atoms with Crippen molar-refractivity contribution < 1.29 is 24.5 Å². The Morgan fingerprint density at radius 2 is 1.61 bits per heavy atom. The van der Waals surface area contributed by atoms with E-state index < -0.39 is 11.9 Å². The van der Waals surface area contributed by atoms with Gasteiger partial charge in [-0.05, 0) is 37.1 Å². The van der Waals surface area contributed by atoms with Gasteiger partial charge in [-0.1, -0.05) is 38.8 Å². The first-order valence-corrected chi connectivity index (χ1v) is 9.60. The van der Waals surface area contributed by atoms with E-state index in [2.05, 4.69) is 23.5 Å². The fourth-order valence-electron chi connectivity index (χ4n) is 2.96. The van der Waals surface area contributed by atoms with Crippen LogP contribution in [0.4, 0.5) is 10.5 Å². The van der Waals surface area contributed by atoms with Crippen LogP contribution in [0.15, 0.2) is 42.5 Å². The summed E-state index contributed by atoms with van der Waals surface area (Å²) >= 11 is 0. The third kappa shape index (κ3) is 5.49. The highest BCUT2D eigenvalue weighted by Crippen LogP contribution is 2.30. The summed E-state index contributed by atoms with van der Waals surface area (Å²) in [6, 6.07) is 11.1. The molecule has 150 valence electrons. The van der Waals surface area contributed by atoms with Crippen LogP contribution in [-0.2, 0) is 0 Å². The highest BCUT2D eigenvalue weighted by Gasteiger charge is 2.20. The molecule has 0 unspecified atom stereocenters. The maximum absolute atomic E-state index is 12.8. The average molecular weight is 385 g/mol. The second kappa shape index (κ2) is 10.3. The molecule has 0 saturated heterocycles. The Morgan fingerprint density at radius 1 is 0.964 bits per heavy atom. The molecule has 6 nitrogen and oxygen atoms in total. The van der Waals surface area contributed by atoms with Crippen LogP contribution in [0.1, 0.15) is 55.5 Å².